The van der Waals surface area contributed by atoms with Gasteiger partial charge < -0.3 is 24.2 Å². The molecule has 3 atom stereocenters. The molecular formula is C22H29NO6. The number of nitrogens with zero attached hydrogens (tertiary/aromatic N) is 1. The predicted octanol–water partition coefficient (Wildman–Crippen LogP) is 3.36. The highest BCUT2D eigenvalue weighted by molar-refractivity contribution is 5.95. The van der Waals surface area contributed by atoms with E-state index in [1.165, 1.54) is 27.4 Å². The first-order valence-corrected chi connectivity index (χ1v) is 10.0. The van der Waals surface area contributed by atoms with E-state index in [9.17, 15) is 14.7 Å². The van der Waals surface area contributed by atoms with Crippen molar-refractivity contribution in [1.82, 2.24) is 4.90 Å². The molecule has 3 unspecified atom stereocenters. The van der Waals surface area contributed by atoms with Crippen molar-refractivity contribution in [1.29, 1.82) is 0 Å². The van der Waals surface area contributed by atoms with Crippen molar-refractivity contribution >= 4 is 18.0 Å². The number of carboxylic acids is 1. The van der Waals surface area contributed by atoms with E-state index in [0.29, 0.717) is 35.2 Å². The molecule has 1 heterocycles. The third kappa shape index (κ3) is 4.33. The first-order valence-electron chi connectivity index (χ1n) is 10.0. The highest BCUT2D eigenvalue weighted by Crippen LogP contribution is 2.40. The molecule has 1 amide bonds. The van der Waals surface area contributed by atoms with E-state index >= 15 is 0 Å². The van der Waals surface area contributed by atoms with Gasteiger partial charge in [0.15, 0.2) is 11.5 Å². The molecule has 1 saturated heterocycles. The number of aliphatic carboxylic acids is 1. The Morgan fingerprint density at radius 1 is 1.00 bits per heavy atom. The number of rotatable bonds is 6. The lowest BCUT2D eigenvalue weighted by molar-refractivity contribution is -0.155. The van der Waals surface area contributed by atoms with Crippen LogP contribution >= 0.6 is 0 Å². The van der Waals surface area contributed by atoms with Gasteiger partial charge in [0.2, 0.25) is 11.7 Å². The summed E-state index contributed by atoms with van der Waals surface area (Å²) in [7, 11) is 4.59. The number of piperidine rings is 1. The summed E-state index contributed by atoms with van der Waals surface area (Å²) >= 11 is 0. The third-order valence-corrected chi connectivity index (χ3v) is 6.02. The van der Waals surface area contributed by atoms with Gasteiger partial charge in [0.05, 0.1) is 21.3 Å². The largest absolute Gasteiger partial charge is 0.493 e. The maximum atomic E-state index is 13.1. The zero-order valence-electron chi connectivity index (χ0n) is 17.2. The second-order valence-corrected chi connectivity index (χ2v) is 7.58. The van der Waals surface area contributed by atoms with E-state index in [-0.39, 0.29) is 11.9 Å². The third-order valence-electron chi connectivity index (χ3n) is 6.02. The van der Waals surface area contributed by atoms with Crippen LogP contribution in [0.2, 0.25) is 0 Å². The minimum absolute atomic E-state index is 0.00990. The molecule has 7 nitrogen and oxygen atoms in total. The number of benzene rings is 1. The van der Waals surface area contributed by atoms with Crippen LogP contribution in [0.1, 0.15) is 44.1 Å². The fourth-order valence-corrected chi connectivity index (χ4v) is 4.64. The normalized spacial score (nSPS) is 24.1. The quantitative estimate of drug-likeness (QED) is 0.733. The average Bonchev–Trinajstić information content (AvgIpc) is 2.75. The number of carboxylic acid groups (broad SMARTS) is 1. The Kier molecular flexibility index (Phi) is 6.67. The molecule has 0 spiro atoms. The number of amides is 1. The van der Waals surface area contributed by atoms with Gasteiger partial charge in [-0.05, 0) is 55.4 Å². The van der Waals surface area contributed by atoms with Crippen molar-refractivity contribution < 1.29 is 28.9 Å². The van der Waals surface area contributed by atoms with Crippen molar-refractivity contribution in [2.24, 2.45) is 5.92 Å². The van der Waals surface area contributed by atoms with E-state index in [2.05, 4.69) is 0 Å². The van der Waals surface area contributed by atoms with Crippen LogP contribution in [0.5, 0.6) is 17.2 Å². The van der Waals surface area contributed by atoms with Gasteiger partial charge in [-0.25, -0.2) is 4.79 Å². The number of methoxy groups -OCH3 is 3. The molecule has 0 radical (unpaired) electrons. The van der Waals surface area contributed by atoms with Crippen molar-refractivity contribution in [3.8, 4) is 17.2 Å². The lowest BCUT2D eigenvalue weighted by Gasteiger charge is -2.46. The highest BCUT2D eigenvalue weighted by Gasteiger charge is 2.43. The topological polar surface area (TPSA) is 85.3 Å². The lowest BCUT2D eigenvalue weighted by atomic mass is 9.76. The first kappa shape index (κ1) is 21.0. The fraction of sp³-hybridized carbons (Fsp3) is 0.545. The molecule has 1 aromatic carbocycles. The standard InChI is InChI=1S/C22H29NO6/c1-27-18-12-14(13-19(28-2)21(18)29-3)8-11-20(24)23-16-7-5-4-6-15(16)9-10-17(23)22(25)26/h8,11-13,15-17H,4-7,9-10H2,1-3H3,(H,25,26). The van der Waals surface area contributed by atoms with Gasteiger partial charge in [-0.15, -0.1) is 0 Å². The molecule has 7 heteroatoms. The average molecular weight is 403 g/mol. The maximum Gasteiger partial charge on any atom is 0.326 e. The molecule has 1 saturated carbocycles. The van der Waals surface area contributed by atoms with Crippen LogP contribution in [-0.4, -0.2) is 55.3 Å². The summed E-state index contributed by atoms with van der Waals surface area (Å²) in [6.45, 7) is 0. The van der Waals surface area contributed by atoms with Gasteiger partial charge >= 0.3 is 5.97 Å². The molecule has 1 N–H and O–H groups in total. The summed E-state index contributed by atoms with van der Waals surface area (Å²) in [4.78, 5) is 26.5. The number of likely N-dealkylation sites (tertiary alicyclic amines) is 1. The lowest BCUT2D eigenvalue weighted by Crippen LogP contribution is -2.57. The van der Waals surface area contributed by atoms with Crippen molar-refractivity contribution in [3.05, 3.63) is 23.8 Å². The van der Waals surface area contributed by atoms with E-state index in [0.717, 1.165) is 32.1 Å². The van der Waals surface area contributed by atoms with Gasteiger partial charge in [0, 0.05) is 12.1 Å². The van der Waals surface area contributed by atoms with Crippen LogP contribution in [-0.2, 0) is 9.59 Å². The van der Waals surface area contributed by atoms with Crippen molar-refractivity contribution in [2.45, 2.75) is 50.6 Å². The Labute approximate surface area is 171 Å². The number of hydrogen-bond acceptors (Lipinski definition) is 5. The summed E-state index contributed by atoms with van der Waals surface area (Å²) in [6.07, 6.45) is 8.64. The molecule has 1 aliphatic heterocycles. The minimum Gasteiger partial charge on any atom is -0.493 e. The Hall–Kier alpha value is -2.70. The SMILES string of the molecule is COc1cc(C=CC(=O)N2C(C(=O)O)CCC3CCCCC32)cc(OC)c1OC. The molecule has 1 aromatic rings. The Morgan fingerprint density at radius 2 is 1.66 bits per heavy atom. The van der Waals surface area contributed by atoms with Crippen molar-refractivity contribution in [3.63, 3.8) is 0 Å². The number of hydrogen-bond donors (Lipinski definition) is 1. The van der Waals surface area contributed by atoms with Gasteiger partial charge in [0.25, 0.3) is 0 Å². The van der Waals surface area contributed by atoms with Crippen LogP contribution in [0.4, 0.5) is 0 Å². The number of carbonyl (C=O) groups is 2. The second-order valence-electron chi connectivity index (χ2n) is 7.58. The van der Waals surface area contributed by atoms with Crippen LogP contribution in [0.3, 0.4) is 0 Å². The van der Waals surface area contributed by atoms with E-state index in [4.69, 9.17) is 14.2 Å². The zero-order valence-corrected chi connectivity index (χ0v) is 17.2. The van der Waals surface area contributed by atoms with Gasteiger partial charge in [-0.1, -0.05) is 12.8 Å². The highest BCUT2D eigenvalue weighted by atomic mass is 16.5. The van der Waals surface area contributed by atoms with Gasteiger partial charge in [-0.3, -0.25) is 4.79 Å². The fourth-order valence-electron chi connectivity index (χ4n) is 4.64. The van der Waals surface area contributed by atoms with Gasteiger partial charge in [0.1, 0.15) is 6.04 Å². The van der Waals surface area contributed by atoms with E-state index in [1.807, 2.05) is 0 Å². The van der Waals surface area contributed by atoms with Crippen LogP contribution in [0.25, 0.3) is 6.08 Å². The molecule has 1 aliphatic carbocycles. The Balaban J connectivity index is 1.87. The molecule has 29 heavy (non-hydrogen) atoms. The molecule has 0 aromatic heterocycles. The number of ether oxygens (including phenoxy) is 3. The summed E-state index contributed by atoms with van der Waals surface area (Å²) in [5.41, 5.74) is 0.705. The Morgan fingerprint density at radius 3 is 2.24 bits per heavy atom. The Bertz CT molecular complexity index is 765. The molecule has 3 rings (SSSR count). The molecule has 2 fully saturated rings. The van der Waals surface area contributed by atoms with E-state index < -0.39 is 12.0 Å². The van der Waals surface area contributed by atoms with Crippen LogP contribution in [0, 0.1) is 5.92 Å². The number of carbonyl (C=O) groups excluding carboxylic acids is 1. The summed E-state index contributed by atoms with van der Waals surface area (Å²) in [6, 6.07) is 2.75. The molecular weight excluding hydrogens is 374 g/mol. The summed E-state index contributed by atoms with van der Waals surface area (Å²) in [5, 5.41) is 9.66. The first-order chi connectivity index (χ1) is 14.0. The van der Waals surface area contributed by atoms with E-state index in [1.54, 1.807) is 23.1 Å². The molecule has 158 valence electrons. The zero-order chi connectivity index (χ0) is 21.0. The van der Waals surface area contributed by atoms with Crippen molar-refractivity contribution in [2.75, 3.05) is 21.3 Å². The maximum absolute atomic E-state index is 13.1. The van der Waals surface area contributed by atoms with Gasteiger partial charge in [-0.2, -0.15) is 0 Å². The monoisotopic (exact) mass is 403 g/mol. The minimum atomic E-state index is -0.927. The molecule has 2 aliphatic rings. The van der Waals surface area contributed by atoms with Crippen LogP contribution < -0.4 is 14.2 Å². The predicted molar refractivity (Wildman–Crippen MR) is 108 cm³/mol. The second kappa shape index (κ2) is 9.20. The summed E-state index contributed by atoms with van der Waals surface area (Å²) in [5.74, 6) is 0.676. The summed E-state index contributed by atoms with van der Waals surface area (Å²) < 4.78 is 16.0. The molecule has 0 bridgehead atoms. The smallest absolute Gasteiger partial charge is 0.326 e. The number of fused-ring (bicyclic) bond motifs is 1. The van der Waals surface area contributed by atoms with Crippen LogP contribution in [0.15, 0.2) is 18.2 Å².